The molecule has 0 radical (unpaired) electrons. The van der Waals surface area contributed by atoms with Crippen LogP contribution >= 0.6 is 11.6 Å². The lowest BCUT2D eigenvalue weighted by molar-refractivity contribution is 0.687. The van der Waals surface area contributed by atoms with E-state index in [9.17, 15) is 0 Å². The van der Waals surface area contributed by atoms with E-state index >= 15 is 0 Å². The van der Waals surface area contributed by atoms with Crippen molar-refractivity contribution in [2.24, 2.45) is 17.6 Å². The lowest BCUT2D eigenvalue weighted by atomic mass is 10.3. The van der Waals surface area contributed by atoms with Crippen molar-refractivity contribution in [1.29, 1.82) is 0 Å². The van der Waals surface area contributed by atoms with E-state index in [1.165, 1.54) is 6.42 Å². The van der Waals surface area contributed by atoms with Gasteiger partial charge in [-0.3, -0.25) is 0 Å². The first kappa shape index (κ1) is 6.37. The number of alkyl halides is 1. The van der Waals surface area contributed by atoms with E-state index in [0.717, 1.165) is 12.5 Å². The molecule has 0 bridgehead atoms. The van der Waals surface area contributed by atoms with Crippen molar-refractivity contribution in [3.05, 3.63) is 0 Å². The molecule has 0 amide bonds. The third-order valence-electron chi connectivity index (χ3n) is 1.97. The van der Waals surface area contributed by atoms with Gasteiger partial charge in [0.25, 0.3) is 0 Å². The molecule has 48 valence electrons. The summed E-state index contributed by atoms with van der Waals surface area (Å²) in [6, 6.07) is 0. The Balaban J connectivity index is 2.23. The second-order valence-corrected chi connectivity index (χ2v) is 2.92. The Bertz CT molecular complexity index is 74.6. The largest absolute Gasteiger partial charge is 0.330 e. The zero-order valence-corrected chi connectivity index (χ0v) is 5.86. The summed E-state index contributed by atoms with van der Waals surface area (Å²) in [6.45, 7) is 2.93. The molecular weight excluding hydrogens is 122 g/mol. The predicted molar refractivity (Wildman–Crippen MR) is 36.0 cm³/mol. The van der Waals surface area contributed by atoms with E-state index in [1.54, 1.807) is 0 Å². The van der Waals surface area contributed by atoms with E-state index in [1.807, 2.05) is 0 Å². The van der Waals surface area contributed by atoms with Gasteiger partial charge in [0.1, 0.15) is 0 Å². The van der Waals surface area contributed by atoms with Gasteiger partial charge in [-0.15, -0.1) is 11.6 Å². The molecule has 0 spiro atoms. The highest BCUT2D eigenvalue weighted by atomic mass is 35.5. The Kier molecular flexibility index (Phi) is 1.78. The number of hydrogen-bond donors (Lipinski definition) is 1. The minimum absolute atomic E-state index is 0.394. The maximum Gasteiger partial charge on any atom is 0.0411 e. The van der Waals surface area contributed by atoms with Crippen LogP contribution in [0.2, 0.25) is 0 Å². The van der Waals surface area contributed by atoms with Gasteiger partial charge in [0, 0.05) is 5.38 Å². The van der Waals surface area contributed by atoms with Crippen LogP contribution in [0.5, 0.6) is 0 Å². The van der Waals surface area contributed by atoms with Gasteiger partial charge >= 0.3 is 0 Å². The maximum absolute atomic E-state index is 5.84. The summed E-state index contributed by atoms with van der Waals surface area (Å²) in [6.07, 6.45) is 1.19. The monoisotopic (exact) mass is 133 g/mol. The van der Waals surface area contributed by atoms with Crippen LogP contribution in [0, 0.1) is 11.8 Å². The highest BCUT2D eigenvalue weighted by Gasteiger charge is 2.45. The summed E-state index contributed by atoms with van der Waals surface area (Å²) in [5, 5.41) is 0.394. The Labute approximate surface area is 55.2 Å². The molecule has 1 rings (SSSR count). The summed E-state index contributed by atoms with van der Waals surface area (Å²) in [7, 11) is 0. The van der Waals surface area contributed by atoms with Crippen molar-refractivity contribution in [2.75, 3.05) is 6.54 Å². The normalized spacial score (nSPS) is 44.6. The molecule has 3 atom stereocenters. The smallest absolute Gasteiger partial charge is 0.0411 e. The quantitative estimate of drug-likeness (QED) is 0.563. The third kappa shape index (κ3) is 0.848. The van der Waals surface area contributed by atoms with Crippen LogP contribution < -0.4 is 5.73 Å². The summed E-state index contributed by atoms with van der Waals surface area (Å²) in [5.41, 5.74) is 5.41. The number of hydrogen-bond acceptors (Lipinski definition) is 1. The Morgan fingerprint density at radius 1 is 1.50 bits per heavy atom. The fourth-order valence-corrected chi connectivity index (χ4v) is 1.80. The number of rotatable bonds is 2. The second-order valence-electron chi connectivity index (χ2n) is 2.42. The Morgan fingerprint density at radius 2 is 2.12 bits per heavy atom. The molecule has 1 saturated carbocycles. The molecule has 0 unspecified atom stereocenters. The molecule has 0 heterocycles. The standard InChI is InChI=1S/C6H12ClN/c1-2-4-5(3-8)6(4)7/h4-6H,2-3,8H2,1H3/t4-,5-,6-/m0/s1. The van der Waals surface area contributed by atoms with Crippen molar-refractivity contribution < 1.29 is 0 Å². The Hall–Kier alpha value is 0.250. The van der Waals surface area contributed by atoms with E-state index in [0.29, 0.717) is 11.3 Å². The maximum atomic E-state index is 5.84. The molecule has 1 fully saturated rings. The molecule has 1 aliphatic rings. The van der Waals surface area contributed by atoms with Gasteiger partial charge in [0.2, 0.25) is 0 Å². The van der Waals surface area contributed by atoms with Gasteiger partial charge in [0.05, 0.1) is 0 Å². The lowest BCUT2D eigenvalue weighted by Gasteiger charge is -1.84. The zero-order chi connectivity index (χ0) is 6.15. The van der Waals surface area contributed by atoms with Gasteiger partial charge < -0.3 is 5.73 Å². The van der Waals surface area contributed by atoms with Crippen LogP contribution in [0.3, 0.4) is 0 Å². The summed E-state index contributed by atoms with van der Waals surface area (Å²) < 4.78 is 0. The van der Waals surface area contributed by atoms with Crippen LogP contribution in [0.15, 0.2) is 0 Å². The van der Waals surface area contributed by atoms with Crippen molar-refractivity contribution >= 4 is 11.6 Å². The second kappa shape index (κ2) is 2.24. The van der Waals surface area contributed by atoms with Crippen molar-refractivity contribution in [3.63, 3.8) is 0 Å². The summed E-state index contributed by atoms with van der Waals surface area (Å²) >= 11 is 5.84. The van der Waals surface area contributed by atoms with Gasteiger partial charge in [-0.1, -0.05) is 13.3 Å². The minimum Gasteiger partial charge on any atom is -0.330 e. The van der Waals surface area contributed by atoms with Crippen molar-refractivity contribution in [3.8, 4) is 0 Å². The summed E-state index contributed by atoms with van der Waals surface area (Å²) in [5.74, 6) is 1.35. The van der Waals surface area contributed by atoms with Gasteiger partial charge in [-0.2, -0.15) is 0 Å². The highest BCUT2D eigenvalue weighted by molar-refractivity contribution is 6.23. The van der Waals surface area contributed by atoms with Crippen LogP contribution in [0.4, 0.5) is 0 Å². The highest BCUT2D eigenvalue weighted by Crippen LogP contribution is 2.45. The summed E-state index contributed by atoms with van der Waals surface area (Å²) in [4.78, 5) is 0. The first-order valence-corrected chi connectivity index (χ1v) is 3.59. The molecule has 8 heavy (non-hydrogen) atoms. The minimum atomic E-state index is 0.394. The Morgan fingerprint density at radius 3 is 2.25 bits per heavy atom. The molecular formula is C6H12ClN. The van der Waals surface area contributed by atoms with Gasteiger partial charge in [0.15, 0.2) is 0 Å². The van der Waals surface area contributed by atoms with E-state index < -0.39 is 0 Å². The van der Waals surface area contributed by atoms with E-state index in [2.05, 4.69) is 6.92 Å². The number of nitrogens with two attached hydrogens (primary N) is 1. The first-order chi connectivity index (χ1) is 3.81. The molecule has 0 aromatic heterocycles. The molecule has 2 N–H and O–H groups in total. The topological polar surface area (TPSA) is 26.0 Å². The number of halogens is 1. The molecule has 1 nitrogen and oxygen atoms in total. The molecule has 2 heteroatoms. The van der Waals surface area contributed by atoms with Crippen molar-refractivity contribution in [1.82, 2.24) is 0 Å². The SMILES string of the molecule is CC[C@@H]1[C@H](Cl)[C@H]1CN. The van der Waals surface area contributed by atoms with Crippen LogP contribution in [0.25, 0.3) is 0 Å². The first-order valence-electron chi connectivity index (χ1n) is 3.15. The zero-order valence-electron chi connectivity index (χ0n) is 5.10. The van der Waals surface area contributed by atoms with E-state index in [-0.39, 0.29) is 0 Å². The van der Waals surface area contributed by atoms with Crippen LogP contribution in [-0.2, 0) is 0 Å². The lowest BCUT2D eigenvalue weighted by Crippen LogP contribution is -2.02. The molecule has 0 aromatic carbocycles. The molecule has 0 aromatic rings. The van der Waals surface area contributed by atoms with Crippen LogP contribution in [-0.4, -0.2) is 11.9 Å². The van der Waals surface area contributed by atoms with Crippen LogP contribution in [0.1, 0.15) is 13.3 Å². The third-order valence-corrected chi connectivity index (χ3v) is 2.62. The molecule has 0 aliphatic heterocycles. The fraction of sp³-hybridized carbons (Fsp3) is 1.00. The molecule has 1 aliphatic carbocycles. The predicted octanol–water partition coefficient (Wildman–Crippen LogP) is 1.21. The van der Waals surface area contributed by atoms with E-state index in [4.69, 9.17) is 17.3 Å². The average Bonchev–Trinajstić information content (AvgIpc) is 2.40. The fourth-order valence-electron chi connectivity index (χ4n) is 1.23. The van der Waals surface area contributed by atoms with Gasteiger partial charge in [-0.25, -0.2) is 0 Å². The average molecular weight is 134 g/mol. The van der Waals surface area contributed by atoms with Crippen molar-refractivity contribution in [2.45, 2.75) is 18.7 Å². The van der Waals surface area contributed by atoms with Gasteiger partial charge in [-0.05, 0) is 18.4 Å². The molecule has 0 saturated heterocycles.